The first-order valence-corrected chi connectivity index (χ1v) is 14.1. The number of aliphatic carboxylic acids is 1. The Bertz CT molecular complexity index is 1380. The predicted octanol–water partition coefficient (Wildman–Crippen LogP) is 1.27. The minimum atomic E-state index is -1.51. The van der Waals surface area contributed by atoms with Gasteiger partial charge in [0.25, 0.3) is 11.8 Å². The Kier molecular flexibility index (Phi) is 11.0. The summed E-state index contributed by atoms with van der Waals surface area (Å²) < 4.78 is 18.6. The molecule has 2 aliphatic rings. The Morgan fingerprint density at radius 1 is 1.09 bits per heavy atom. The molecule has 0 spiro atoms. The number of anilines is 2. The van der Waals surface area contributed by atoms with Gasteiger partial charge in [0.2, 0.25) is 5.91 Å². The monoisotopic (exact) mass is 637 g/mol. The number of morpholine rings is 1. The van der Waals surface area contributed by atoms with Gasteiger partial charge in [0.1, 0.15) is 12.2 Å². The van der Waals surface area contributed by atoms with Crippen molar-refractivity contribution >= 4 is 64.2 Å². The molecule has 0 bridgehead atoms. The molecule has 13 nitrogen and oxygen atoms in total. The Balaban J connectivity index is 1.27. The van der Waals surface area contributed by atoms with Crippen molar-refractivity contribution < 1.29 is 33.4 Å². The quantitative estimate of drug-likeness (QED) is 0.224. The van der Waals surface area contributed by atoms with Crippen LogP contribution in [0, 0.1) is 0 Å². The number of aliphatic imine (C=N–C) groups is 1. The van der Waals surface area contributed by atoms with Gasteiger partial charge < -0.3 is 41.3 Å². The van der Waals surface area contributed by atoms with Gasteiger partial charge in [-0.3, -0.25) is 14.4 Å². The third kappa shape index (κ3) is 8.92. The number of rotatable bonds is 10. The average molecular weight is 638 g/mol. The van der Waals surface area contributed by atoms with Gasteiger partial charge in [-0.2, -0.15) is 0 Å². The second-order valence-electron chi connectivity index (χ2n) is 9.61. The zero-order valence-electron chi connectivity index (χ0n) is 22.8. The average Bonchev–Trinajstić information content (AvgIpc) is 2.99. The van der Waals surface area contributed by atoms with E-state index in [1.165, 1.54) is 12.1 Å². The molecule has 2 aromatic rings. The van der Waals surface area contributed by atoms with Crippen molar-refractivity contribution in [3.63, 3.8) is 0 Å². The van der Waals surface area contributed by atoms with Crippen LogP contribution >= 0.6 is 23.2 Å². The molecule has 6 N–H and O–H groups in total. The number of carboxylic acid groups (broad SMARTS) is 1. The number of ether oxygens (including phenoxy) is 1. The minimum Gasteiger partial charge on any atom is -0.480 e. The molecule has 1 fully saturated rings. The summed E-state index contributed by atoms with van der Waals surface area (Å²) in [6.45, 7) is 1.55. The number of hydrogen-bond acceptors (Lipinski definition) is 9. The molecule has 1 unspecified atom stereocenters. The van der Waals surface area contributed by atoms with E-state index in [-0.39, 0.29) is 34.3 Å². The number of nitrogens with one attached hydrogen (secondary N) is 5. The molecule has 1 saturated heterocycles. The van der Waals surface area contributed by atoms with E-state index in [2.05, 4.69) is 31.6 Å². The SMILES string of the molecule is O=C(CNC(=O)c1cccc(NC2=NCC(F)CN2)c1)NC[C@H](NC(=O)c1c(Cl)cc(N2CCOCC2)cc1Cl)C(=O)O. The van der Waals surface area contributed by atoms with E-state index in [0.29, 0.717) is 43.6 Å². The Morgan fingerprint density at radius 2 is 1.81 bits per heavy atom. The van der Waals surface area contributed by atoms with Gasteiger partial charge in [0.15, 0.2) is 5.96 Å². The first-order valence-electron chi connectivity index (χ1n) is 13.3. The number of halogens is 3. The van der Waals surface area contributed by atoms with Crippen LogP contribution in [-0.2, 0) is 14.3 Å². The smallest absolute Gasteiger partial charge is 0.328 e. The summed E-state index contributed by atoms with van der Waals surface area (Å²) in [5, 5.41) is 22.6. The van der Waals surface area contributed by atoms with Gasteiger partial charge in [0, 0.05) is 36.6 Å². The molecule has 0 aromatic heterocycles. The highest BCUT2D eigenvalue weighted by Gasteiger charge is 2.25. The highest BCUT2D eigenvalue weighted by molar-refractivity contribution is 6.40. The highest BCUT2D eigenvalue weighted by atomic mass is 35.5. The normalized spacial score (nSPS) is 17.1. The van der Waals surface area contributed by atoms with E-state index in [4.69, 9.17) is 27.9 Å². The summed E-state index contributed by atoms with van der Waals surface area (Å²) in [5.74, 6) is -3.10. The topological polar surface area (TPSA) is 173 Å². The molecule has 0 aliphatic carbocycles. The van der Waals surface area contributed by atoms with Crippen LogP contribution in [0.25, 0.3) is 0 Å². The van der Waals surface area contributed by atoms with Gasteiger partial charge in [-0.25, -0.2) is 14.2 Å². The second kappa shape index (κ2) is 14.8. The zero-order valence-corrected chi connectivity index (χ0v) is 24.3. The fraction of sp³-hybridized carbons (Fsp3) is 0.370. The molecule has 3 amide bonds. The molecule has 2 atom stereocenters. The number of carboxylic acids is 1. The molecule has 230 valence electrons. The summed E-state index contributed by atoms with van der Waals surface area (Å²) in [5.41, 5.74) is 1.37. The van der Waals surface area contributed by atoms with Crippen LogP contribution in [0.2, 0.25) is 10.0 Å². The van der Waals surface area contributed by atoms with E-state index in [9.17, 15) is 28.7 Å². The number of alkyl halides is 1. The van der Waals surface area contributed by atoms with Gasteiger partial charge >= 0.3 is 5.97 Å². The molecule has 4 rings (SSSR count). The van der Waals surface area contributed by atoms with E-state index < -0.39 is 49.0 Å². The molecule has 2 aromatic carbocycles. The van der Waals surface area contributed by atoms with Gasteiger partial charge in [-0.05, 0) is 30.3 Å². The Labute approximate surface area is 256 Å². The van der Waals surface area contributed by atoms with Crippen LogP contribution < -0.4 is 31.5 Å². The lowest BCUT2D eigenvalue weighted by Gasteiger charge is -2.29. The van der Waals surface area contributed by atoms with Gasteiger partial charge in [-0.1, -0.05) is 29.3 Å². The van der Waals surface area contributed by atoms with Crippen LogP contribution in [-0.4, -0.2) is 99.5 Å². The van der Waals surface area contributed by atoms with Crippen molar-refractivity contribution in [2.45, 2.75) is 12.2 Å². The van der Waals surface area contributed by atoms with Crippen LogP contribution in [0.4, 0.5) is 15.8 Å². The van der Waals surface area contributed by atoms with E-state index in [1.54, 1.807) is 24.3 Å². The summed E-state index contributed by atoms with van der Waals surface area (Å²) >= 11 is 12.7. The zero-order chi connectivity index (χ0) is 30.9. The number of guanidine groups is 1. The van der Waals surface area contributed by atoms with Crippen molar-refractivity contribution in [3.05, 3.63) is 57.6 Å². The molecular weight excluding hydrogens is 608 g/mol. The highest BCUT2D eigenvalue weighted by Crippen LogP contribution is 2.31. The lowest BCUT2D eigenvalue weighted by Crippen LogP contribution is -2.50. The van der Waals surface area contributed by atoms with E-state index in [0.717, 1.165) is 0 Å². The van der Waals surface area contributed by atoms with Gasteiger partial charge in [-0.15, -0.1) is 0 Å². The molecule has 2 aliphatic heterocycles. The molecule has 2 heterocycles. The largest absolute Gasteiger partial charge is 0.480 e. The first kappa shape index (κ1) is 31.8. The molecule has 0 radical (unpaired) electrons. The summed E-state index contributed by atoms with van der Waals surface area (Å²) in [6, 6.07) is 8.00. The summed E-state index contributed by atoms with van der Waals surface area (Å²) in [7, 11) is 0. The Hall–Kier alpha value is -4.14. The second-order valence-corrected chi connectivity index (χ2v) is 10.4. The number of carbonyl (C=O) groups excluding carboxylic acids is 3. The fourth-order valence-electron chi connectivity index (χ4n) is 4.23. The maximum atomic E-state index is 13.2. The lowest BCUT2D eigenvalue weighted by atomic mass is 10.1. The van der Waals surface area contributed by atoms with Crippen LogP contribution in [0.5, 0.6) is 0 Å². The third-order valence-electron chi connectivity index (χ3n) is 6.47. The summed E-state index contributed by atoms with van der Waals surface area (Å²) in [6.07, 6.45) is -1.06. The minimum absolute atomic E-state index is 0.0288. The molecule has 43 heavy (non-hydrogen) atoms. The maximum Gasteiger partial charge on any atom is 0.328 e. The van der Waals surface area contributed by atoms with Gasteiger partial charge in [0.05, 0.1) is 48.5 Å². The van der Waals surface area contributed by atoms with Crippen LogP contribution in [0.3, 0.4) is 0 Å². The van der Waals surface area contributed by atoms with Crippen molar-refractivity contribution in [1.29, 1.82) is 0 Å². The van der Waals surface area contributed by atoms with Crippen molar-refractivity contribution in [2.75, 3.05) is 62.7 Å². The molecular formula is C27H30Cl2FN7O6. The van der Waals surface area contributed by atoms with Crippen molar-refractivity contribution in [2.24, 2.45) is 4.99 Å². The Morgan fingerprint density at radius 3 is 2.47 bits per heavy atom. The maximum absolute atomic E-state index is 13.2. The number of nitrogens with zero attached hydrogens (tertiary/aromatic N) is 2. The third-order valence-corrected chi connectivity index (χ3v) is 7.07. The summed E-state index contributed by atoms with van der Waals surface area (Å²) in [4.78, 5) is 55.6. The number of amides is 3. The fourth-order valence-corrected chi connectivity index (χ4v) is 4.88. The van der Waals surface area contributed by atoms with E-state index in [1.807, 2.05) is 4.90 Å². The van der Waals surface area contributed by atoms with Crippen molar-refractivity contribution in [3.8, 4) is 0 Å². The number of hydrogen-bond donors (Lipinski definition) is 6. The molecule has 16 heteroatoms. The lowest BCUT2D eigenvalue weighted by molar-refractivity contribution is -0.139. The first-order chi connectivity index (χ1) is 20.6. The molecule has 0 saturated carbocycles. The van der Waals surface area contributed by atoms with Crippen LogP contribution in [0.15, 0.2) is 41.4 Å². The number of carbonyl (C=O) groups is 4. The standard InChI is InChI=1S/C27H30Cl2FN7O6/c28-19-9-18(37-4-6-43-7-5-37)10-20(29)23(19)25(40)36-21(26(41)42)13-31-22(38)14-32-24(39)15-2-1-3-17(8-15)35-27-33-11-16(30)12-34-27/h1-3,8-10,16,21H,4-7,11-14H2,(H,31,38)(H,32,39)(H,36,40)(H,41,42)(H2,33,34,35)/t21-/m0/s1. The van der Waals surface area contributed by atoms with Crippen LogP contribution in [0.1, 0.15) is 20.7 Å². The van der Waals surface area contributed by atoms with Crippen molar-refractivity contribution in [1.82, 2.24) is 21.3 Å². The van der Waals surface area contributed by atoms with E-state index >= 15 is 0 Å². The predicted molar refractivity (Wildman–Crippen MR) is 159 cm³/mol. The number of benzene rings is 2.